The van der Waals surface area contributed by atoms with Crippen LogP contribution in [0.3, 0.4) is 0 Å². The van der Waals surface area contributed by atoms with Crippen LogP contribution in [0.2, 0.25) is 0 Å². The fraction of sp³-hybridized carbons (Fsp3) is 0.231. The number of aromatic hydroxyl groups is 1. The molecule has 6 aromatic rings. The summed E-state index contributed by atoms with van der Waals surface area (Å²) in [6, 6.07) is 36.3. The number of methoxy groups -OCH3 is 1. The van der Waals surface area contributed by atoms with E-state index in [4.69, 9.17) is 4.74 Å². The van der Waals surface area contributed by atoms with Crippen molar-refractivity contribution in [1.82, 2.24) is 4.57 Å². The number of hydrogen-bond donors (Lipinski definition) is 1. The number of aromatic nitrogens is 1. The summed E-state index contributed by atoms with van der Waals surface area (Å²) in [4.78, 5) is 2.21. The second-order valence-corrected chi connectivity index (χ2v) is 12.5. The fourth-order valence-electron chi connectivity index (χ4n) is 6.18. The molecule has 1 N–H and O–H groups in total. The molecule has 0 amide bonds. The van der Waals surface area contributed by atoms with E-state index in [1.807, 2.05) is 0 Å². The quantitative estimate of drug-likeness (QED) is 0.208. The Hall–Kier alpha value is -4.54. The minimum absolute atomic E-state index is 0.0253. The average Bonchev–Trinajstić information content (AvgIpc) is 3.32. The third-order valence-corrected chi connectivity index (χ3v) is 8.29. The van der Waals surface area contributed by atoms with E-state index in [0.717, 1.165) is 55.6 Å². The summed E-state index contributed by atoms with van der Waals surface area (Å²) in [7, 11) is 1.72. The number of phenolic OH excluding ortho intramolecular Hbond substituents is 1. The van der Waals surface area contributed by atoms with Gasteiger partial charge in [0, 0.05) is 35.7 Å². The molecule has 0 atom stereocenters. The summed E-state index contributed by atoms with van der Waals surface area (Å²) < 4.78 is 7.79. The van der Waals surface area contributed by atoms with Crippen LogP contribution < -0.4 is 4.90 Å². The van der Waals surface area contributed by atoms with E-state index in [9.17, 15) is 5.11 Å². The largest absolute Gasteiger partial charge is 0.504 e. The Morgan fingerprint density at radius 3 is 1.98 bits per heavy atom. The number of rotatable bonds is 7. The van der Waals surface area contributed by atoms with Gasteiger partial charge in [0.1, 0.15) is 0 Å². The maximum absolute atomic E-state index is 12.2. The first-order chi connectivity index (χ1) is 20.7. The van der Waals surface area contributed by atoms with E-state index < -0.39 is 0 Å². The van der Waals surface area contributed by atoms with Crippen LogP contribution in [0, 0.1) is 13.8 Å². The van der Waals surface area contributed by atoms with Crippen LogP contribution in [-0.4, -0.2) is 29.9 Å². The highest BCUT2D eigenvalue weighted by Crippen LogP contribution is 2.44. The molecule has 0 fully saturated rings. The number of aryl methyl sites for hydroxylation is 2. The molecule has 1 heterocycles. The van der Waals surface area contributed by atoms with Crippen molar-refractivity contribution in [1.29, 1.82) is 0 Å². The number of para-hydroxylation sites is 3. The molecule has 4 heteroatoms. The van der Waals surface area contributed by atoms with Crippen molar-refractivity contribution in [3.05, 3.63) is 120 Å². The van der Waals surface area contributed by atoms with Gasteiger partial charge in [0.05, 0.1) is 29.0 Å². The molecule has 0 spiro atoms. The molecular formula is C39H40N2O2. The van der Waals surface area contributed by atoms with Gasteiger partial charge in [-0.25, -0.2) is 0 Å². The Balaban J connectivity index is 1.59. The molecule has 43 heavy (non-hydrogen) atoms. The Bertz CT molecular complexity index is 1890. The van der Waals surface area contributed by atoms with E-state index in [2.05, 4.69) is 147 Å². The number of fused-ring (bicyclic) bond motifs is 3. The molecule has 0 unspecified atom stereocenters. The SMILES string of the molecule is COCCN(c1ccccc1-c1cc(C)cc(C(C)(C)C)c1)c1cc(C)cc(-n2c3ccccc3c3ccccc32)c1O. The van der Waals surface area contributed by atoms with Gasteiger partial charge < -0.3 is 19.3 Å². The Morgan fingerprint density at radius 2 is 1.33 bits per heavy atom. The first kappa shape index (κ1) is 28.6. The van der Waals surface area contributed by atoms with Gasteiger partial charge >= 0.3 is 0 Å². The number of hydrogen-bond acceptors (Lipinski definition) is 3. The number of nitrogens with zero attached hydrogens (tertiary/aromatic N) is 2. The van der Waals surface area contributed by atoms with Crippen molar-refractivity contribution in [2.75, 3.05) is 25.2 Å². The van der Waals surface area contributed by atoms with Crippen LogP contribution in [-0.2, 0) is 10.2 Å². The van der Waals surface area contributed by atoms with Crippen molar-refractivity contribution < 1.29 is 9.84 Å². The summed E-state index contributed by atoms with van der Waals surface area (Å²) in [5.74, 6) is 0.239. The summed E-state index contributed by atoms with van der Waals surface area (Å²) >= 11 is 0. The molecule has 0 bridgehead atoms. The minimum Gasteiger partial charge on any atom is -0.504 e. The van der Waals surface area contributed by atoms with E-state index in [1.54, 1.807) is 7.11 Å². The molecule has 0 saturated heterocycles. The molecular weight excluding hydrogens is 528 g/mol. The van der Waals surface area contributed by atoms with Crippen molar-refractivity contribution in [3.8, 4) is 22.6 Å². The summed E-state index contributed by atoms with van der Waals surface area (Å²) in [6.07, 6.45) is 0. The molecule has 0 aliphatic heterocycles. The molecule has 0 radical (unpaired) electrons. The highest BCUT2D eigenvalue weighted by molar-refractivity contribution is 6.09. The van der Waals surface area contributed by atoms with Gasteiger partial charge in [-0.2, -0.15) is 0 Å². The lowest BCUT2D eigenvalue weighted by molar-refractivity contribution is 0.207. The van der Waals surface area contributed by atoms with Crippen LogP contribution in [0.5, 0.6) is 5.75 Å². The first-order valence-electron chi connectivity index (χ1n) is 15.0. The minimum atomic E-state index is 0.0253. The number of benzene rings is 5. The lowest BCUT2D eigenvalue weighted by Gasteiger charge is -2.30. The Morgan fingerprint density at radius 1 is 0.721 bits per heavy atom. The smallest absolute Gasteiger partial charge is 0.163 e. The summed E-state index contributed by atoms with van der Waals surface area (Å²) in [5, 5.41) is 14.5. The second kappa shape index (κ2) is 11.3. The topological polar surface area (TPSA) is 37.6 Å². The zero-order valence-corrected chi connectivity index (χ0v) is 26.0. The molecule has 218 valence electrons. The number of phenols is 1. The van der Waals surface area contributed by atoms with Gasteiger partial charge in [-0.15, -0.1) is 0 Å². The van der Waals surface area contributed by atoms with Crippen LogP contribution in [0.15, 0.2) is 103 Å². The Kier molecular flexibility index (Phi) is 7.49. The van der Waals surface area contributed by atoms with Gasteiger partial charge in [-0.05, 0) is 66.3 Å². The number of anilines is 2. The molecule has 0 saturated carbocycles. The van der Waals surface area contributed by atoms with Gasteiger partial charge in [0.2, 0.25) is 0 Å². The van der Waals surface area contributed by atoms with Crippen molar-refractivity contribution >= 4 is 33.2 Å². The number of ether oxygens (including phenoxy) is 1. The predicted molar refractivity (Wildman–Crippen MR) is 181 cm³/mol. The highest BCUT2D eigenvalue weighted by Gasteiger charge is 2.23. The van der Waals surface area contributed by atoms with Gasteiger partial charge in [-0.1, -0.05) is 99.1 Å². The van der Waals surface area contributed by atoms with Crippen LogP contribution in [0.25, 0.3) is 38.6 Å². The van der Waals surface area contributed by atoms with Crippen LogP contribution in [0.4, 0.5) is 11.4 Å². The fourth-order valence-corrected chi connectivity index (χ4v) is 6.18. The second-order valence-electron chi connectivity index (χ2n) is 12.5. The van der Waals surface area contributed by atoms with E-state index >= 15 is 0 Å². The van der Waals surface area contributed by atoms with Crippen molar-refractivity contribution in [3.63, 3.8) is 0 Å². The van der Waals surface area contributed by atoms with E-state index in [1.165, 1.54) is 11.1 Å². The van der Waals surface area contributed by atoms with Gasteiger partial charge in [0.15, 0.2) is 5.75 Å². The molecule has 5 aromatic carbocycles. The zero-order chi connectivity index (χ0) is 30.3. The van der Waals surface area contributed by atoms with Crippen LogP contribution in [0.1, 0.15) is 37.5 Å². The lowest BCUT2D eigenvalue weighted by atomic mass is 9.84. The van der Waals surface area contributed by atoms with Gasteiger partial charge in [-0.3, -0.25) is 0 Å². The lowest BCUT2D eigenvalue weighted by Crippen LogP contribution is -2.23. The van der Waals surface area contributed by atoms with E-state index in [0.29, 0.717) is 13.2 Å². The third-order valence-electron chi connectivity index (χ3n) is 8.29. The molecule has 0 aliphatic rings. The molecule has 0 aliphatic carbocycles. The summed E-state index contributed by atoms with van der Waals surface area (Å²) in [5.41, 5.74) is 10.6. The monoisotopic (exact) mass is 568 g/mol. The zero-order valence-electron chi connectivity index (χ0n) is 26.0. The van der Waals surface area contributed by atoms with Crippen molar-refractivity contribution in [2.24, 2.45) is 0 Å². The van der Waals surface area contributed by atoms with Crippen molar-refractivity contribution in [2.45, 2.75) is 40.0 Å². The normalized spacial score (nSPS) is 11.9. The van der Waals surface area contributed by atoms with Gasteiger partial charge in [0.25, 0.3) is 0 Å². The summed E-state index contributed by atoms with van der Waals surface area (Å²) in [6.45, 7) is 12.1. The molecule has 1 aromatic heterocycles. The first-order valence-corrected chi connectivity index (χ1v) is 15.0. The molecule has 6 rings (SSSR count). The average molecular weight is 569 g/mol. The van der Waals surface area contributed by atoms with Crippen LogP contribution >= 0.6 is 0 Å². The molecule has 4 nitrogen and oxygen atoms in total. The maximum Gasteiger partial charge on any atom is 0.163 e. The third kappa shape index (κ3) is 5.28. The van der Waals surface area contributed by atoms with E-state index in [-0.39, 0.29) is 11.2 Å². The Labute approximate surface area is 254 Å². The highest BCUT2D eigenvalue weighted by atomic mass is 16.5. The maximum atomic E-state index is 12.2. The standard InChI is InChI=1S/C39H40N2O2/c1-26-21-28(25-29(22-26)39(3,4)5)30-13-7-10-16-33(30)40(19-20-43-6)36-23-27(2)24-37(38(36)42)41-34-17-11-8-14-31(34)32-15-9-12-18-35(32)41/h7-18,21-25,42H,19-20H2,1-6H3. The predicted octanol–water partition coefficient (Wildman–Crippen LogP) is 9.86.